The molecule has 0 N–H and O–H groups in total. The standard InChI is InChI=1S/C17H15BrF3N3O2/c18-10-4-5-11-13(7-10)23(9-17(19,20)21)16(25)12-8-22-24(15(11)12)14-3-1-2-6-26-14/h4-5,7-8,14H,1-3,6,9H2. The van der Waals surface area contributed by atoms with Crippen molar-refractivity contribution in [3.05, 3.63) is 39.2 Å². The number of rotatable bonds is 2. The van der Waals surface area contributed by atoms with Crippen LogP contribution in [0.1, 0.15) is 25.5 Å². The molecule has 0 amide bonds. The van der Waals surface area contributed by atoms with E-state index in [0.717, 1.165) is 23.8 Å². The van der Waals surface area contributed by atoms with Crippen LogP contribution in [0, 0.1) is 0 Å². The number of ether oxygens (including phenoxy) is 1. The number of benzene rings is 1. The first-order chi connectivity index (χ1) is 12.3. The molecule has 26 heavy (non-hydrogen) atoms. The van der Waals surface area contributed by atoms with Crippen molar-refractivity contribution in [2.24, 2.45) is 0 Å². The Kier molecular flexibility index (Phi) is 4.31. The van der Waals surface area contributed by atoms with E-state index in [4.69, 9.17) is 4.74 Å². The third kappa shape index (κ3) is 3.03. The molecule has 0 spiro atoms. The highest BCUT2D eigenvalue weighted by Gasteiger charge is 2.31. The predicted molar refractivity (Wildman–Crippen MR) is 94.1 cm³/mol. The highest BCUT2D eigenvalue weighted by atomic mass is 79.9. The second-order valence-corrected chi connectivity index (χ2v) is 7.26. The first kappa shape index (κ1) is 17.5. The Balaban J connectivity index is 2.03. The number of hydrogen-bond donors (Lipinski definition) is 0. The Morgan fingerprint density at radius 2 is 2.08 bits per heavy atom. The van der Waals surface area contributed by atoms with E-state index in [0.29, 0.717) is 22.0 Å². The van der Waals surface area contributed by atoms with Crippen LogP contribution in [-0.2, 0) is 11.3 Å². The van der Waals surface area contributed by atoms with Gasteiger partial charge in [-0.05, 0) is 37.5 Å². The van der Waals surface area contributed by atoms with E-state index >= 15 is 0 Å². The maximum atomic E-state index is 13.0. The van der Waals surface area contributed by atoms with Gasteiger partial charge in [-0.25, -0.2) is 4.68 Å². The third-order valence-corrected chi connectivity index (χ3v) is 5.04. The fourth-order valence-electron chi connectivity index (χ4n) is 3.44. The Labute approximate surface area is 154 Å². The summed E-state index contributed by atoms with van der Waals surface area (Å²) in [6.07, 6.45) is -0.798. The summed E-state index contributed by atoms with van der Waals surface area (Å²) >= 11 is 3.28. The molecule has 1 aliphatic rings. The molecule has 138 valence electrons. The Morgan fingerprint density at radius 3 is 2.77 bits per heavy atom. The molecule has 5 nitrogen and oxygen atoms in total. The van der Waals surface area contributed by atoms with Crippen LogP contribution < -0.4 is 5.56 Å². The van der Waals surface area contributed by atoms with Gasteiger partial charge in [0, 0.05) is 16.5 Å². The van der Waals surface area contributed by atoms with Crippen molar-refractivity contribution in [3.63, 3.8) is 0 Å². The van der Waals surface area contributed by atoms with E-state index in [1.54, 1.807) is 16.8 Å². The quantitative estimate of drug-likeness (QED) is 0.607. The number of fused-ring (bicyclic) bond motifs is 3. The Morgan fingerprint density at radius 1 is 1.27 bits per heavy atom. The van der Waals surface area contributed by atoms with E-state index in [-0.39, 0.29) is 17.1 Å². The van der Waals surface area contributed by atoms with Crippen molar-refractivity contribution in [2.75, 3.05) is 6.61 Å². The molecule has 0 bridgehead atoms. The van der Waals surface area contributed by atoms with Crippen LogP contribution in [0.25, 0.3) is 21.8 Å². The molecular weight excluding hydrogens is 415 g/mol. The van der Waals surface area contributed by atoms with Crippen molar-refractivity contribution in [3.8, 4) is 0 Å². The number of pyridine rings is 1. The van der Waals surface area contributed by atoms with Gasteiger partial charge in [-0.2, -0.15) is 18.3 Å². The van der Waals surface area contributed by atoms with Crippen molar-refractivity contribution >= 4 is 37.7 Å². The van der Waals surface area contributed by atoms with Gasteiger partial charge in [-0.15, -0.1) is 0 Å². The molecule has 0 saturated carbocycles. The minimum absolute atomic E-state index is 0.165. The lowest BCUT2D eigenvalue weighted by Crippen LogP contribution is -2.29. The zero-order chi connectivity index (χ0) is 18.5. The summed E-state index contributed by atoms with van der Waals surface area (Å²) in [6, 6.07) is 4.97. The second kappa shape index (κ2) is 6.38. The Bertz CT molecular complexity index is 1040. The van der Waals surface area contributed by atoms with Crippen molar-refractivity contribution in [1.82, 2.24) is 14.3 Å². The molecule has 0 radical (unpaired) electrons. The molecule has 4 rings (SSSR count). The SMILES string of the molecule is O=c1c2cnn(C3CCCCO3)c2c2ccc(Br)cc2n1CC(F)(F)F. The molecule has 1 saturated heterocycles. The van der Waals surface area contributed by atoms with E-state index in [1.807, 2.05) is 0 Å². The first-order valence-electron chi connectivity index (χ1n) is 8.23. The van der Waals surface area contributed by atoms with E-state index in [2.05, 4.69) is 21.0 Å². The van der Waals surface area contributed by atoms with Gasteiger partial charge in [0.15, 0.2) is 6.23 Å². The van der Waals surface area contributed by atoms with Gasteiger partial charge in [-0.1, -0.05) is 15.9 Å². The number of hydrogen-bond acceptors (Lipinski definition) is 3. The third-order valence-electron chi connectivity index (χ3n) is 4.54. The summed E-state index contributed by atoms with van der Waals surface area (Å²) in [5.74, 6) is 0. The van der Waals surface area contributed by atoms with Gasteiger partial charge in [0.2, 0.25) is 0 Å². The van der Waals surface area contributed by atoms with Crippen molar-refractivity contribution in [1.29, 1.82) is 0 Å². The van der Waals surface area contributed by atoms with Gasteiger partial charge in [0.25, 0.3) is 5.56 Å². The van der Waals surface area contributed by atoms with Crippen LogP contribution in [0.5, 0.6) is 0 Å². The fourth-order valence-corrected chi connectivity index (χ4v) is 3.79. The second-order valence-electron chi connectivity index (χ2n) is 6.34. The molecule has 1 fully saturated rings. The number of nitrogens with zero attached hydrogens (tertiary/aromatic N) is 3. The normalized spacial score (nSPS) is 18.7. The van der Waals surface area contributed by atoms with E-state index in [9.17, 15) is 18.0 Å². The summed E-state index contributed by atoms with van der Waals surface area (Å²) in [5, 5.41) is 4.98. The predicted octanol–water partition coefficient (Wildman–Crippen LogP) is 4.38. The average molecular weight is 430 g/mol. The lowest BCUT2D eigenvalue weighted by Gasteiger charge is -2.24. The van der Waals surface area contributed by atoms with Gasteiger partial charge in [0.1, 0.15) is 6.54 Å². The molecular formula is C17H15BrF3N3O2. The molecule has 1 unspecified atom stereocenters. The van der Waals surface area contributed by atoms with E-state index in [1.165, 1.54) is 12.3 Å². The van der Waals surface area contributed by atoms with Crippen molar-refractivity contribution in [2.45, 2.75) is 38.2 Å². The highest BCUT2D eigenvalue weighted by molar-refractivity contribution is 9.10. The molecule has 1 aliphatic heterocycles. The van der Waals surface area contributed by atoms with Gasteiger partial charge >= 0.3 is 6.18 Å². The molecule has 9 heteroatoms. The molecule has 3 heterocycles. The average Bonchev–Trinajstić information content (AvgIpc) is 3.03. The summed E-state index contributed by atoms with van der Waals surface area (Å²) in [6.45, 7) is -0.750. The zero-order valence-electron chi connectivity index (χ0n) is 13.6. The first-order valence-corrected chi connectivity index (χ1v) is 9.02. The van der Waals surface area contributed by atoms with Crippen LogP contribution in [0.2, 0.25) is 0 Å². The van der Waals surface area contributed by atoms with Gasteiger partial charge in [0.05, 0.1) is 22.6 Å². The van der Waals surface area contributed by atoms with E-state index < -0.39 is 18.3 Å². The van der Waals surface area contributed by atoms with Crippen LogP contribution in [0.15, 0.2) is 33.7 Å². The van der Waals surface area contributed by atoms with Crippen LogP contribution in [-0.4, -0.2) is 27.1 Å². The van der Waals surface area contributed by atoms with Gasteiger partial charge < -0.3 is 4.74 Å². The lowest BCUT2D eigenvalue weighted by atomic mass is 10.1. The Hall–Kier alpha value is -1.87. The smallest absolute Gasteiger partial charge is 0.356 e. The lowest BCUT2D eigenvalue weighted by molar-refractivity contribution is -0.140. The largest absolute Gasteiger partial charge is 0.406 e. The van der Waals surface area contributed by atoms with Crippen LogP contribution >= 0.6 is 15.9 Å². The minimum atomic E-state index is -4.50. The number of aromatic nitrogens is 3. The highest BCUT2D eigenvalue weighted by Crippen LogP contribution is 2.31. The number of halogens is 4. The summed E-state index contributed by atoms with van der Waals surface area (Å²) < 4.78 is 47.8. The maximum absolute atomic E-state index is 13.0. The van der Waals surface area contributed by atoms with Crippen LogP contribution in [0.4, 0.5) is 13.2 Å². The fraction of sp³-hybridized carbons (Fsp3) is 0.412. The molecule has 0 aliphatic carbocycles. The minimum Gasteiger partial charge on any atom is -0.356 e. The summed E-state index contributed by atoms with van der Waals surface area (Å²) in [5.41, 5.74) is 0.0274. The summed E-state index contributed by atoms with van der Waals surface area (Å²) in [7, 11) is 0. The van der Waals surface area contributed by atoms with Crippen molar-refractivity contribution < 1.29 is 17.9 Å². The number of alkyl halides is 3. The molecule has 1 aromatic carbocycles. The molecule has 2 aromatic heterocycles. The zero-order valence-corrected chi connectivity index (χ0v) is 15.2. The topological polar surface area (TPSA) is 49.1 Å². The van der Waals surface area contributed by atoms with Crippen LogP contribution in [0.3, 0.4) is 0 Å². The molecule has 1 atom stereocenters. The maximum Gasteiger partial charge on any atom is 0.406 e. The van der Waals surface area contributed by atoms with Gasteiger partial charge in [-0.3, -0.25) is 9.36 Å². The monoisotopic (exact) mass is 429 g/mol. The summed E-state index contributed by atoms with van der Waals surface area (Å²) in [4.78, 5) is 12.8. The molecule has 3 aromatic rings.